The van der Waals surface area contributed by atoms with Crippen molar-refractivity contribution in [1.29, 1.82) is 0 Å². The standard InChI is InChI=1S/C19H24FN3O2/c1-25-17-9-7-14(13-16(17)20)8-10-19(24)22-18-11-12-21-23(18)15-5-3-2-4-6-15/h7,9,11-13,15H,2-6,8,10H2,1H3,(H,22,24). The van der Waals surface area contributed by atoms with Gasteiger partial charge in [-0.1, -0.05) is 25.3 Å². The van der Waals surface area contributed by atoms with Crippen molar-refractivity contribution >= 4 is 11.7 Å². The summed E-state index contributed by atoms with van der Waals surface area (Å²) in [6.45, 7) is 0. The minimum atomic E-state index is -0.407. The van der Waals surface area contributed by atoms with Crippen LogP contribution in [0.1, 0.15) is 50.1 Å². The number of aryl methyl sites for hydroxylation is 1. The highest BCUT2D eigenvalue weighted by atomic mass is 19.1. The lowest BCUT2D eigenvalue weighted by molar-refractivity contribution is -0.116. The highest BCUT2D eigenvalue weighted by molar-refractivity contribution is 5.89. The number of carbonyl (C=O) groups is 1. The van der Waals surface area contributed by atoms with Crippen LogP contribution in [0, 0.1) is 5.82 Å². The van der Waals surface area contributed by atoms with Crippen molar-refractivity contribution in [2.45, 2.75) is 51.0 Å². The molecule has 1 aliphatic carbocycles. The van der Waals surface area contributed by atoms with E-state index in [0.29, 0.717) is 18.9 Å². The molecule has 0 atom stereocenters. The van der Waals surface area contributed by atoms with Crippen LogP contribution in [0.25, 0.3) is 0 Å². The van der Waals surface area contributed by atoms with E-state index in [2.05, 4.69) is 10.4 Å². The van der Waals surface area contributed by atoms with Gasteiger partial charge in [-0.15, -0.1) is 0 Å². The van der Waals surface area contributed by atoms with Gasteiger partial charge in [0.1, 0.15) is 5.82 Å². The maximum Gasteiger partial charge on any atom is 0.225 e. The summed E-state index contributed by atoms with van der Waals surface area (Å²) in [6.07, 6.45) is 8.40. The van der Waals surface area contributed by atoms with Crippen molar-refractivity contribution < 1.29 is 13.9 Å². The van der Waals surface area contributed by atoms with Crippen LogP contribution < -0.4 is 10.1 Å². The molecule has 25 heavy (non-hydrogen) atoms. The third-order valence-corrected chi connectivity index (χ3v) is 4.72. The number of hydrogen-bond donors (Lipinski definition) is 1. The Labute approximate surface area is 147 Å². The fourth-order valence-electron chi connectivity index (χ4n) is 3.36. The lowest BCUT2D eigenvalue weighted by Gasteiger charge is -2.23. The first kappa shape index (κ1) is 17.5. The molecule has 5 nitrogen and oxygen atoms in total. The molecule has 1 fully saturated rings. The van der Waals surface area contributed by atoms with E-state index < -0.39 is 5.82 Å². The number of anilines is 1. The Morgan fingerprint density at radius 1 is 1.32 bits per heavy atom. The molecule has 0 unspecified atom stereocenters. The summed E-state index contributed by atoms with van der Waals surface area (Å²) in [5.74, 6) is 0.465. The number of nitrogens with zero attached hydrogens (tertiary/aromatic N) is 2. The number of amides is 1. The van der Waals surface area contributed by atoms with Gasteiger partial charge in [-0.3, -0.25) is 4.79 Å². The molecule has 0 saturated heterocycles. The van der Waals surface area contributed by atoms with Gasteiger partial charge in [0.2, 0.25) is 5.91 Å². The molecular weight excluding hydrogens is 321 g/mol. The van der Waals surface area contributed by atoms with E-state index in [1.54, 1.807) is 18.3 Å². The monoisotopic (exact) mass is 345 g/mol. The van der Waals surface area contributed by atoms with Gasteiger partial charge >= 0.3 is 0 Å². The van der Waals surface area contributed by atoms with Gasteiger partial charge in [0, 0.05) is 12.5 Å². The van der Waals surface area contributed by atoms with Crippen molar-refractivity contribution in [3.05, 3.63) is 41.8 Å². The van der Waals surface area contributed by atoms with Gasteiger partial charge in [-0.05, 0) is 37.0 Å². The third kappa shape index (κ3) is 4.38. The number of aromatic nitrogens is 2. The molecule has 1 aromatic carbocycles. The van der Waals surface area contributed by atoms with Crippen molar-refractivity contribution in [2.75, 3.05) is 12.4 Å². The van der Waals surface area contributed by atoms with Gasteiger partial charge < -0.3 is 10.1 Å². The SMILES string of the molecule is COc1ccc(CCC(=O)Nc2ccnn2C2CCCCC2)cc1F. The number of ether oxygens (including phenoxy) is 1. The lowest BCUT2D eigenvalue weighted by Crippen LogP contribution is -2.20. The predicted octanol–water partition coefficient (Wildman–Crippen LogP) is 4.11. The van der Waals surface area contributed by atoms with Crippen molar-refractivity contribution in [1.82, 2.24) is 9.78 Å². The lowest BCUT2D eigenvalue weighted by atomic mass is 9.96. The molecule has 0 radical (unpaired) electrons. The molecule has 3 rings (SSSR count). The zero-order valence-electron chi connectivity index (χ0n) is 14.5. The largest absolute Gasteiger partial charge is 0.494 e. The topological polar surface area (TPSA) is 56.1 Å². The van der Waals surface area contributed by atoms with Crippen LogP contribution in [-0.4, -0.2) is 22.8 Å². The molecule has 0 bridgehead atoms. The normalized spacial score (nSPS) is 15.1. The van der Waals surface area contributed by atoms with Crippen LogP contribution in [-0.2, 0) is 11.2 Å². The first-order chi connectivity index (χ1) is 12.2. The van der Waals surface area contributed by atoms with Crippen molar-refractivity contribution in [3.63, 3.8) is 0 Å². The number of nitrogens with one attached hydrogen (secondary N) is 1. The molecule has 2 aromatic rings. The van der Waals surface area contributed by atoms with E-state index in [1.165, 1.54) is 32.4 Å². The van der Waals surface area contributed by atoms with E-state index >= 15 is 0 Å². The minimum Gasteiger partial charge on any atom is -0.494 e. The average Bonchev–Trinajstić information content (AvgIpc) is 3.09. The number of rotatable bonds is 6. The quantitative estimate of drug-likeness (QED) is 0.857. The van der Waals surface area contributed by atoms with Crippen LogP contribution in [0.15, 0.2) is 30.5 Å². The second kappa shape index (κ2) is 8.14. The molecule has 0 spiro atoms. The van der Waals surface area contributed by atoms with E-state index in [9.17, 15) is 9.18 Å². The van der Waals surface area contributed by atoms with Gasteiger partial charge in [0.25, 0.3) is 0 Å². The molecule has 1 saturated carbocycles. The second-order valence-corrected chi connectivity index (χ2v) is 6.47. The smallest absolute Gasteiger partial charge is 0.225 e. The van der Waals surface area contributed by atoms with Crippen LogP contribution >= 0.6 is 0 Å². The van der Waals surface area contributed by atoms with Crippen LogP contribution in [0.4, 0.5) is 10.2 Å². The molecular formula is C19H24FN3O2. The highest BCUT2D eigenvalue weighted by Crippen LogP contribution is 2.30. The average molecular weight is 345 g/mol. The summed E-state index contributed by atoms with van der Waals surface area (Å²) in [6, 6.07) is 6.98. The maximum atomic E-state index is 13.7. The van der Waals surface area contributed by atoms with Crippen LogP contribution in [0.2, 0.25) is 0 Å². The van der Waals surface area contributed by atoms with Gasteiger partial charge in [-0.25, -0.2) is 9.07 Å². The van der Waals surface area contributed by atoms with Crippen LogP contribution in [0.3, 0.4) is 0 Å². The Hall–Kier alpha value is -2.37. The third-order valence-electron chi connectivity index (χ3n) is 4.72. The number of benzene rings is 1. The Bertz CT molecular complexity index is 723. The molecule has 1 aliphatic rings. The number of methoxy groups -OCH3 is 1. The molecule has 1 aromatic heterocycles. The fourth-order valence-corrected chi connectivity index (χ4v) is 3.36. The van der Waals surface area contributed by atoms with Gasteiger partial charge in [0.15, 0.2) is 11.6 Å². The van der Waals surface area contributed by atoms with E-state index in [0.717, 1.165) is 24.2 Å². The van der Waals surface area contributed by atoms with E-state index in [4.69, 9.17) is 4.74 Å². The zero-order valence-corrected chi connectivity index (χ0v) is 14.5. The van der Waals surface area contributed by atoms with Crippen molar-refractivity contribution in [3.8, 4) is 5.75 Å². The van der Waals surface area contributed by atoms with Crippen LogP contribution in [0.5, 0.6) is 5.75 Å². The van der Waals surface area contributed by atoms with E-state index in [1.807, 2.05) is 10.7 Å². The first-order valence-electron chi connectivity index (χ1n) is 8.83. The summed E-state index contributed by atoms with van der Waals surface area (Å²) >= 11 is 0. The summed E-state index contributed by atoms with van der Waals surface area (Å²) in [5, 5.41) is 7.32. The Kier molecular flexibility index (Phi) is 5.68. The number of carbonyl (C=O) groups excluding carboxylic acids is 1. The second-order valence-electron chi connectivity index (χ2n) is 6.47. The minimum absolute atomic E-state index is 0.0891. The van der Waals surface area contributed by atoms with E-state index in [-0.39, 0.29) is 11.7 Å². The molecule has 1 heterocycles. The van der Waals surface area contributed by atoms with Gasteiger partial charge in [0.05, 0.1) is 19.3 Å². The number of halogens is 1. The zero-order chi connectivity index (χ0) is 17.6. The molecule has 6 heteroatoms. The summed E-state index contributed by atoms with van der Waals surface area (Å²) in [4.78, 5) is 12.3. The van der Waals surface area contributed by atoms with Crippen molar-refractivity contribution in [2.24, 2.45) is 0 Å². The van der Waals surface area contributed by atoms with Gasteiger partial charge in [-0.2, -0.15) is 5.10 Å². The Morgan fingerprint density at radius 3 is 2.84 bits per heavy atom. The highest BCUT2D eigenvalue weighted by Gasteiger charge is 2.19. The summed E-state index contributed by atoms with van der Waals surface area (Å²) in [7, 11) is 1.43. The predicted molar refractivity (Wildman–Crippen MR) is 94.3 cm³/mol. The molecule has 0 aliphatic heterocycles. The summed E-state index contributed by atoms with van der Waals surface area (Å²) in [5.41, 5.74) is 0.772. The first-order valence-corrected chi connectivity index (χ1v) is 8.83. The molecule has 1 amide bonds. The fraction of sp³-hybridized carbons (Fsp3) is 0.474. The maximum absolute atomic E-state index is 13.7. The summed E-state index contributed by atoms with van der Waals surface area (Å²) < 4.78 is 20.5. The molecule has 1 N–H and O–H groups in total. The number of hydrogen-bond acceptors (Lipinski definition) is 3. The molecule has 134 valence electrons. The Balaban J connectivity index is 1.56. The Morgan fingerprint density at radius 2 is 2.12 bits per heavy atom.